The molecule has 252 valence electrons. The molecule has 44 heavy (non-hydrogen) atoms. The first kappa shape index (κ1) is 34.1. The Hall–Kier alpha value is -1.22. The molecular formula is C36H64N4O4. The van der Waals surface area contributed by atoms with E-state index in [1.807, 2.05) is 0 Å². The highest BCUT2D eigenvalue weighted by atomic mass is 16.5. The average Bonchev–Trinajstić information content (AvgIpc) is 3.64. The van der Waals surface area contributed by atoms with Gasteiger partial charge in [0.1, 0.15) is 6.04 Å². The Morgan fingerprint density at radius 3 is 2.52 bits per heavy atom. The molecule has 4 aliphatic carbocycles. The van der Waals surface area contributed by atoms with E-state index in [1.54, 1.807) is 4.90 Å². The standard InChI is InChI=1S/C36H64N4O4/c1-24(9-12-32(42)40-21-5-8-30(40)34(43)44-4)27-10-11-28-33-29(14-16-36(27,28)3)35(2)15-13-26(22-25(35)23-31(33)41)39-20-7-19-38-18-6-17-37/h24-31,33,38-39,41H,5-23,37H2,1-4H3/t24-,25+,26+,27-,28+,29+,30?,31-,33+,35+,36-/m1/s1. The van der Waals surface area contributed by atoms with Crippen molar-refractivity contribution in [3.8, 4) is 0 Å². The van der Waals surface area contributed by atoms with Gasteiger partial charge >= 0.3 is 5.97 Å². The molecule has 0 aromatic rings. The highest BCUT2D eigenvalue weighted by Crippen LogP contribution is 2.68. The zero-order valence-electron chi connectivity index (χ0n) is 28.3. The maximum absolute atomic E-state index is 13.2. The Morgan fingerprint density at radius 2 is 1.75 bits per heavy atom. The molecule has 5 aliphatic rings. The highest BCUT2D eigenvalue weighted by Gasteiger charge is 2.62. The van der Waals surface area contributed by atoms with Gasteiger partial charge in [-0.3, -0.25) is 4.79 Å². The smallest absolute Gasteiger partial charge is 0.328 e. The van der Waals surface area contributed by atoms with Crippen molar-refractivity contribution >= 4 is 11.9 Å². The molecule has 0 aromatic carbocycles. The molecule has 1 amide bonds. The van der Waals surface area contributed by atoms with Crippen molar-refractivity contribution in [3.05, 3.63) is 0 Å². The number of nitrogens with two attached hydrogens (primary N) is 1. The van der Waals surface area contributed by atoms with E-state index in [-0.39, 0.29) is 23.4 Å². The van der Waals surface area contributed by atoms with Crippen LogP contribution in [0.1, 0.15) is 111 Å². The van der Waals surface area contributed by atoms with Crippen LogP contribution < -0.4 is 16.4 Å². The molecule has 0 spiro atoms. The van der Waals surface area contributed by atoms with Crippen molar-refractivity contribution in [1.82, 2.24) is 15.5 Å². The molecule has 1 saturated heterocycles. The van der Waals surface area contributed by atoms with E-state index in [1.165, 1.54) is 52.1 Å². The van der Waals surface area contributed by atoms with Gasteiger partial charge in [-0.1, -0.05) is 20.8 Å². The van der Waals surface area contributed by atoms with Gasteiger partial charge in [0.25, 0.3) is 0 Å². The van der Waals surface area contributed by atoms with E-state index in [0.717, 1.165) is 58.3 Å². The second-order valence-electron chi connectivity index (χ2n) is 16.0. The number of aliphatic hydroxyl groups is 1. The number of rotatable bonds is 13. The molecule has 0 radical (unpaired) electrons. The Morgan fingerprint density at radius 1 is 1.00 bits per heavy atom. The van der Waals surface area contributed by atoms with Crippen molar-refractivity contribution in [2.75, 3.05) is 39.8 Å². The van der Waals surface area contributed by atoms with Crippen LogP contribution in [-0.4, -0.2) is 79.9 Å². The summed E-state index contributed by atoms with van der Waals surface area (Å²) >= 11 is 0. The van der Waals surface area contributed by atoms with Gasteiger partial charge in [0.2, 0.25) is 5.91 Å². The number of esters is 1. The number of hydrogen-bond donors (Lipinski definition) is 4. The number of nitrogens with one attached hydrogen (secondary N) is 2. The topological polar surface area (TPSA) is 117 Å². The van der Waals surface area contributed by atoms with E-state index < -0.39 is 6.04 Å². The Balaban J connectivity index is 1.15. The zero-order chi connectivity index (χ0) is 31.5. The summed E-state index contributed by atoms with van der Waals surface area (Å²) in [5, 5.41) is 19.2. The van der Waals surface area contributed by atoms with Gasteiger partial charge in [-0.15, -0.1) is 0 Å². The van der Waals surface area contributed by atoms with Crippen LogP contribution in [0.4, 0.5) is 0 Å². The number of aliphatic hydroxyl groups excluding tert-OH is 1. The summed E-state index contributed by atoms with van der Waals surface area (Å²) in [5.74, 6) is 3.14. The van der Waals surface area contributed by atoms with Gasteiger partial charge in [-0.05, 0) is 156 Å². The fourth-order valence-electron chi connectivity index (χ4n) is 11.4. The summed E-state index contributed by atoms with van der Waals surface area (Å²) in [6.45, 7) is 12.0. The number of hydrogen-bond acceptors (Lipinski definition) is 7. The zero-order valence-corrected chi connectivity index (χ0v) is 28.3. The summed E-state index contributed by atoms with van der Waals surface area (Å²) in [6, 6.07) is 0.182. The molecule has 4 saturated carbocycles. The maximum Gasteiger partial charge on any atom is 0.328 e. The third-order valence-electron chi connectivity index (χ3n) is 13.8. The Labute approximate surface area is 267 Å². The van der Waals surface area contributed by atoms with Crippen molar-refractivity contribution < 1.29 is 19.4 Å². The lowest BCUT2D eigenvalue weighted by Crippen LogP contribution is -2.59. The van der Waals surface area contributed by atoms with Crippen LogP contribution in [0, 0.1) is 46.3 Å². The lowest BCUT2D eigenvalue weighted by Gasteiger charge is -2.62. The Bertz CT molecular complexity index is 980. The molecule has 1 unspecified atom stereocenters. The Kier molecular flexibility index (Phi) is 11.4. The largest absolute Gasteiger partial charge is 0.467 e. The van der Waals surface area contributed by atoms with E-state index in [9.17, 15) is 14.7 Å². The second-order valence-corrected chi connectivity index (χ2v) is 16.0. The van der Waals surface area contributed by atoms with E-state index in [4.69, 9.17) is 10.5 Å². The van der Waals surface area contributed by atoms with Crippen molar-refractivity contribution in [1.29, 1.82) is 0 Å². The van der Waals surface area contributed by atoms with Crippen LogP contribution in [-0.2, 0) is 14.3 Å². The minimum atomic E-state index is -0.399. The highest BCUT2D eigenvalue weighted by molar-refractivity contribution is 5.85. The van der Waals surface area contributed by atoms with Gasteiger partial charge in [0, 0.05) is 19.0 Å². The quantitative estimate of drug-likeness (QED) is 0.178. The molecule has 5 fully saturated rings. The number of carbonyl (C=O) groups is 2. The number of ether oxygens (including phenoxy) is 1. The van der Waals surface area contributed by atoms with E-state index >= 15 is 0 Å². The monoisotopic (exact) mass is 616 g/mol. The van der Waals surface area contributed by atoms with Crippen LogP contribution in [0.15, 0.2) is 0 Å². The summed E-state index contributed by atoms with van der Waals surface area (Å²) in [4.78, 5) is 27.1. The van der Waals surface area contributed by atoms with E-state index in [0.29, 0.717) is 66.4 Å². The van der Waals surface area contributed by atoms with Gasteiger partial charge in [0.15, 0.2) is 0 Å². The minimum absolute atomic E-state index is 0.110. The third-order valence-corrected chi connectivity index (χ3v) is 13.8. The summed E-state index contributed by atoms with van der Waals surface area (Å²) < 4.78 is 4.96. The maximum atomic E-state index is 13.2. The van der Waals surface area contributed by atoms with Crippen LogP contribution in [0.3, 0.4) is 0 Å². The number of carbonyl (C=O) groups excluding carboxylic acids is 2. The summed E-state index contributed by atoms with van der Waals surface area (Å²) in [7, 11) is 1.41. The third kappa shape index (κ3) is 6.75. The molecule has 8 heteroatoms. The van der Waals surface area contributed by atoms with Crippen LogP contribution >= 0.6 is 0 Å². The van der Waals surface area contributed by atoms with Crippen LogP contribution in [0.25, 0.3) is 0 Å². The van der Waals surface area contributed by atoms with Crippen molar-refractivity contribution in [2.24, 2.45) is 52.1 Å². The molecule has 5 rings (SSSR count). The first-order valence-electron chi connectivity index (χ1n) is 18.3. The van der Waals surface area contributed by atoms with Gasteiger partial charge < -0.3 is 31.1 Å². The van der Waals surface area contributed by atoms with Crippen LogP contribution in [0.2, 0.25) is 0 Å². The average molecular weight is 617 g/mol. The molecule has 5 N–H and O–H groups in total. The lowest BCUT2D eigenvalue weighted by atomic mass is 9.43. The number of fused-ring (bicyclic) bond motifs is 5. The van der Waals surface area contributed by atoms with Crippen molar-refractivity contribution in [2.45, 2.75) is 129 Å². The summed E-state index contributed by atoms with van der Waals surface area (Å²) in [6.07, 6.45) is 14.6. The number of likely N-dealkylation sites (tertiary alicyclic amines) is 1. The molecule has 11 atom stereocenters. The minimum Gasteiger partial charge on any atom is -0.467 e. The predicted molar refractivity (Wildman–Crippen MR) is 175 cm³/mol. The van der Waals surface area contributed by atoms with Crippen molar-refractivity contribution in [3.63, 3.8) is 0 Å². The summed E-state index contributed by atoms with van der Waals surface area (Å²) in [5.41, 5.74) is 6.18. The molecule has 8 nitrogen and oxygen atoms in total. The lowest BCUT2D eigenvalue weighted by molar-refractivity contribution is -0.167. The predicted octanol–water partition coefficient (Wildman–Crippen LogP) is 4.48. The SMILES string of the molecule is COC(=O)C1CCCN1C(=O)CC[C@@H](C)[C@H]1CC[C@H]2[C@@H]3[C@H](O)C[C@@H]4C[C@@H](NCCCNCCCN)CC[C@]4(C)[C@H]3CC[C@]12C. The molecule has 1 aliphatic heterocycles. The fraction of sp³-hybridized carbons (Fsp3) is 0.944. The molecule has 0 aromatic heterocycles. The number of methoxy groups -OCH3 is 1. The van der Waals surface area contributed by atoms with E-state index in [2.05, 4.69) is 31.4 Å². The van der Waals surface area contributed by atoms with Gasteiger partial charge in [-0.2, -0.15) is 0 Å². The first-order valence-corrected chi connectivity index (χ1v) is 18.3. The second kappa shape index (κ2) is 14.7. The fourth-order valence-corrected chi connectivity index (χ4v) is 11.4. The van der Waals surface area contributed by atoms with Gasteiger partial charge in [0.05, 0.1) is 13.2 Å². The normalized spacial score (nSPS) is 40.6. The molecule has 1 heterocycles. The van der Waals surface area contributed by atoms with Crippen LogP contribution in [0.5, 0.6) is 0 Å². The first-order chi connectivity index (χ1) is 21.1. The number of amides is 1. The molecular weight excluding hydrogens is 552 g/mol. The molecule has 0 bridgehead atoms. The van der Waals surface area contributed by atoms with Gasteiger partial charge in [-0.25, -0.2) is 4.79 Å². The number of nitrogens with zero attached hydrogens (tertiary/aromatic N) is 1.